The Morgan fingerprint density at radius 3 is 1.97 bits per heavy atom. The number of amides is 1. The van der Waals surface area contributed by atoms with Crippen molar-refractivity contribution in [1.29, 1.82) is 0 Å². The van der Waals surface area contributed by atoms with Gasteiger partial charge in [-0.1, -0.05) is 78.9 Å². The van der Waals surface area contributed by atoms with Gasteiger partial charge in [0.1, 0.15) is 11.7 Å². The number of hydrogen-bond acceptors (Lipinski definition) is 5. The number of rotatable bonds is 7. The van der Waals surface area contributed by atoms with E-state index in [1.807, 2.05) is 24.3 Å². The lowest BCUT2D eigenvalue weighted by molar-refractivity contribution is -0.385. The first kappa shape index (κ1) is 22.7. The summed E-state index contributed by atoms with van der Waals surface area (Å²) < 4.78 is 0. The van der Waals surface area contributed by atoms with Crippen molar-refractivity contribution in [3.8, 4) is 0 Å². The first-order chi connectivity index (χ1) is 17.6. The van der Waals surface area contributed by atoms with Crippen LogP contribution in [-0.4, -0.2) is 16.6 Å². The highest BCUT2D eigenvalue weighted by Gasteiger charge is 2.46. The second kappa shape index (κ2) is 9.68. The Morgan fingerprint density at radius 1 is 0.778 bits per heavy atom. The average molecular weight is 476 g/mol. The van der Waals surface area contributed by atoms with Crippen LogP contribution in [0.15, 0.2) is 127 Å². The molecule has 36 heavy (non-hydrogen) atoms. The number of carbonyl (C=O) groups is 2. The summed E-state index contributed by atoms with van der Waals surface area (Å²) in [6.45, 7) is 0. The molecule has 1 aliphatic heterocycles. The maximum absolute atomic E-state index is 14.0. The maximum atomic E-state index is 14.0. The quantitative estimate of drug-likeness (QED) is 0.203. The van der Waals surface area contributed by atoms with Gasteiger partial charge >= 0.3 is 0 Å². The molecule has 0 spiro atoms. The zero-order valence-electron chi connectivity index (χ0n) is 19.1. The minimum Gasteiger partial charge on any atom is -0.351 e. The van der Waals surface area contributed by atoms with Crippen molar-refractivity contribution in [2.24, 2.45) is 0 Å². The highest BCUT2D eigenvalue weighted by Crippen LogP contribution is 2.45. The zero-order valence-corrected chi connectivity index (χ0v) is 19.1. The third kappa shape index (κ3) is 4.14. The van der Waals surface area contributed by atoms with Crippen molar-refractivity contribution in [2.45, 2.75) is 6.04 Å². The van der Waals surface area contributed by atoms with Crippen LogP contribution in [0.5, 0.6) is 0 Å². The number of nitrogens with zero attached hydrogens (tertiary/aromatic N) is 2. The SMILES string of the molecule is O=C(C1=C(Nc2ccccc2)C(=O)N(c2ccccc2)[C@H]1c1ccccc1[N+](=O)[O-])c1ccccc1. The number of carbonyl (C=O) groups excluding carboxylic acids is 2. The molecule has 5 rings (SSSR count). The Kier molecular flexibility index (Phi) is 6.11. The summed E-state index contributed by atoms with van der Waals surface area (Å²) in [6.07, 6.45) is 0. The standard InChI is InChI=1S/C29H21N3O4/c33-28(20-12-4-1-5-13-20)25-26(30-21-14-6-2-7-15-21)29(34)31(22-16-8-3-9-17-22)27(25)23-18-10-11-19-24(23)32(35)36/h1-19,27,30H/t27-/m0/s1. The summed E-state index contributed by atoms with van der Waals surface area (Å²) in [6, 6.07) is 31.7. The predicted octanol–water partition coefficient (Wildman–Crippen LogP) is 5.93. The van der Waals surface area contributed by atoms with Crippen LogP contribution < -0.4 is 10.2 Å². The number of Topliss-reactive ketones (excluding diaryl/α,β-unsaturated/α-hetero) is 1. The van der Waals surface area contributed by atoms with Crippen LogP contribution in [0.2, 0.25) is 0 Å². The lowest BCUT2D eigenvalue weighted by atomic mass is 9.91. The van der Waals surface area contributed by atoms with Gasteiger partial charge < -0.3 is 5.32 Å². The summed E-state index contributed by atoms with van der Waals surface area (Å²) in [5.74, 6) is -0.837. The van der Waals surface area contributed by atoms with E-state index in [0.29, 0.717) is 16.9 Å². The van der Waals surface area contributed by atoms with Gasteiger partial charge in [0, 0.05) is 23.0 Å². The molecule has 7 nitrogen and oxygen atoms in total. The van der Waals surface area contributed by atoms with Gasteiger partial charge in [0.2, 0.25) is 0 Å². The number of ketones is 1. The summed E-state index contributed by atoms with van der Waals surface area (Å²) in [5.41, 5.74) is 1.84. The van der Waals surface area contributed by atoms with Crippen molar-refractivity contribution in [3.05, 3.63) is 148 Å². The van der Waals surface area contributed by atoms with E-state index >= 15 is 0 Å². The van der Waals surface area contributed by atoms with E-state index in [9.17, 15) is 19.7 Å². The second-order valence-corrected chi connectivity index (χ2v) is 8.20. The smallest absolute Gasteiger partial charge is 0.276 e. The first-order valence-corrected chi connectivity index (χ1v) is 11.3. The molecule has 0 saturated heterocycles. The molecule has 1 N–H and O–H groups in total. The summed E-state index contributed by atoms with van der Waals surface area (Å²) >= 11 is 0. The molecule has 1 atom stereocenters. The van der Waals surface area contributed by atoms with Crippen LogP contribution in [0.3, 0.4) is 0 Å². The number of hydrogen-bond donors (Lipinski definition) is 1. The molecule has 0 bridgehead atoms. The topological polar surface area (TPSA) is 92.6 Å². The van der Waals surface area contributed by atoms with Gasteiger partial charge in [-0.05, 0) is 30.3 Å². The Balaban J connectivity index is 1.78. The molecule has 1 amide bonds. The molecule has 176 valence electrons. The van der Waals surface area contributed by atoms with Gasteiger partial charge in [-0.3, -0.25) is 24.6 Å². The fraction of sp³-hybridized carbons (Fsp3) is 0.0345. The minimum atomic E-state index is -1.01. The molecule has 0 aromatic heterocycles. The maximum Gasteiger partial charge on any atom is 0.276 e. The molecule has 4 aromatic carbocycles. The van der Waals surface area contributed by atoms with Crippen molar-refractivity contribution in [3.63, 3.8) is 0 Å². The van der Waals surface area contributed by atoms with Crippen LogP contribution in [0.25, 0.3) is 0 Å². The Hall–Kier alpha value is -5.04. The largest absolute Gasteiger partial charge is 0.351 e. The number of nitro benzene ring substituents is 1. The molecule has 0 unspecified atom stereocenters. The third-order valence-corrected chi connectivity index (χ3v) is 6.02. The number of benzene rings is 4. The van der Waals surface area contributed by atoms with Crippen molar-refractivity contribution in [2.75, 3.05) is 10.2 Å². The van der Waals surface area contributed by atoms with E-state index in [4.69, 9.17) is 0 Å². The fourth-order valence-electron chi connectivity index (χ4n) is 4.42. The molecule has 1 heterocycles. The minimum absolute atomic E-state index is 0.0852. The highest BCUT2D eigenvalue weighted by molar-refractivity contribution is 6.23. The van der Waals surface area contributed by atoms with Gasteiger partial charge in [0.15, 0.2) is 5.78 Å². The Labute approximate surface area is 207 Å². The Morgan fingerprint density at radius 2 is 1.33 bits per heavy atom. The summed E-state index contributed by atoms with van der Waals surface area (Å²) in [7, 11) is 0. The van der Waals surface area contributed by atoms with Gasteiger partial charge in [-0.2, -0.15) is 0 Å². The van der Waals surface area contributed by atoms with E-state index in [0.717, 1.165) is 0 Å². The highest BCUT2D eigenvalue weighted by atomic mass is 16.6. The molecule has 4 aromatic rings. The molecule has 1 aliphatic rings. The van der Waals surface area contributed by atoms with Crippen LogP contribution in [0.4, 0.5) is 17.1 Å². The second-order valence-electron chi connectivity index (χ2n) is 8.20. The normalized spacial score (nSPS) is 15.2. The number of anilines is 2. The third-order valence-electron chi connectivity index (χ3n) is 6.02. The monoisotopic (exact) mass is 475 g/mol. The fourth-order valence-corrected chi connectivity index (χ4v) is 4.42. The number of para-hydroxylation sites is 3. The predicted molar refractivity (Wildman–Crippen MR) is 138 cm³/mol. The van der Waals surface area contributed by atoms with E-state index in [-0.39, 0.29) is 28.3 Å². The van der Waals surface area contributed by atoms with Crippen LogP contribution >= 0.6 is 0 Å². The zero-order chi connectivity index (χ0) is 25.1. The van der Waals surface area contributed by atoms with Gasteiger partial charge in [-0.25, -0.2) is 0 Å². The van der Waals surface area contributed by atoms with Crippen LogP contribution in [0.1, 0.15) is 22.0 Å². The molecule has 0 aliphatic carbocycles. The molecule has 0 fully saturated rings. The first-order valence-electron chi connectivity index (χ1n) is 11.3. The van der Waals surface area contributed by atoms with Gasteiger partial charge in [0.25, 0.3) is 11.6 Å². The van der Waals surface area contributed by atoms with Crippen molar-refractivity contribution < 1.29 is 14.5 Å². The van der Waals surface area contributed by atoms with E-state index in [2.05, 4.69) is 5.32 Å². The summed E-state index contributed by atoms with van der Waals surface area (Å²) in [4.78, 5) is 41.0. The van der Waals surface area contributed by atoms with Crippen molar-refractivity contribution in [1.82, 2.24) is 0 Å². The van der Waals surface area contributed by atoms with Crippen LogP contribution in [-0.2, 0) is 4.79 Å². The lowest BCUT2D eigenvalue weighted by Gasteiger charge is -2.27. The number of nitro groups is 1. The Bertz CT molecular complexity index is 1470. The van der Waals surface area contributed by atoms with E-state index in [1.165, 1.54) is 11.0 Å². The van der Waals surface area contributed by atoms with Crippen molar-refractivity contribution >= 4 is 28.8 Å². The molecule has 7 heteroatoms. The molecular formula is C29H21N3O4. The van der Waals surface area contributed by atoms with Gasteiger partial charge in [0.05, 0.1) is 16.1 Å². The van der Waals surface area contributed by atoms with E-state index < -0.39 is 16.9 Å². The average Bonchev–Trinajstić information content (AvgIpc) is 3.21. The summed E-state index contributed by atoms with van der Waals surface area (Å²) in [5, 5.41) is 15.1. The molecule has 0 saturated carbocycles. The molecule has 0 radical (unpaired) electrons. The number of nitrogens with one attached hydrogen (secondary N) is 1. The lowest BCUT2D eigenvalue weighted by Crippen LogP contribution is -2.32. The molecular weight excluding hydrogens is 454 g/mol. The van der Waals surface area contributed by atoms with Gasteiger partial charge in [-0.15, -0.1) is 0 Å². The van der Waals surface area contributed by atoms with Crippen LogP contribution in [0, 0.1) is 10.1 Å². The van der Waals surface area contributed by atoms with E-state index in [1.54, 1.807) is 84.9 Å².